The van der Waals surface area contributed by atoms with Crippen LogP contribution in [0.4, 0.5) is 4.39 Å². The molecule has 0 unspecified atom stereocenters. The highest BCUT2D eigenvalue weighted by Crippen LogP contribution is 2.21. The van der Waals surface area contributed by atoms with Gasteiger partial charge in [0.1, 0.15) is 10.7 Å². The van der Waals surface area contributed by atoms with Gasteiger partial charge in [-0.15, -0.1) is 0 Å². The number of rotatable bonds is 6. The molecule has 2 heterocycles. The maximum absolute atomic E-state index is 13.3. The summed E-state index contributed by atoms with van der Waals surface area (Å²) in [5.41, 5.74) is 0. The van der Waals surface area contributed by atoms with E-state index >= 15 is 0 Å². The van der Waals surface area contributed by atoms with Crippen molar-refractivity contribution in [3.8, 4) is 0 Å². The van der Waals surface area contributed by atoms with E-state index in [0.717, 1.165) is 44.6 Å². The molecular formula is C14H22FN3O2S. The molecule has 1 aliphatic heterocycles. The van der Waals surface area contributed by atoms with Crippen molar-refractivity contribution in [1.29, 1.82) is 0 Å². The van der Waals surface area contributed by atoms with Crippen molar-refractivity contribution in [2.45, 2.75) is 31.1 Å². The number of sulfonamides is 1. The Morgan fingerprint density at radius 1 is 1.38 bits per heavy atom. The molecule has 1 aromatic rings. The van der Waals surface area contributed by atoms with Crippen LogP contribution >= 0.6 is 0 Å². The van der Waals surface area contributed by atoms with E-state index in [-0.39, 0.29) is 4.90 Å². The Bertz CT molecular complexity index is 559. The largest absolute Gasteiger partial charge is 0.317 e. The zero-order valence-corrected chi connectivity index (χ0v) is 13.1. The number of hydrogen-bond donors (Lipinski definition) is 1. The molecule has 1 fully saturated rings. The average Bonchev–Trinajstić information content (AvgIpc) is 2.48. The summed E-state index contributed by atoms with van der Waals surface area (Å²) in [7, 11) is -3.67. The van der Waals surface area contributed by atoms with Crippen LogP contribution in [-0.4, -0.2) is 43.9 Å². The maximum atomic E-state index is 13.3. The van der Waals surface area contributed by atoms with Gasteiger partial charge in [0, 0.05) is 19.3 Å². The number of pyridine rings is 1. The third-order valence-electron chi connectivity index (χ3n) is 3.71. The van der Waals surface area contributed by atoms with E-state index in [9.17, 15) is 12.8 Å². The average molecular weight is 315 g/mol. The van der Waals surface area contributed by atoms with E-state index in [1.54, 1.807) is 0 Å². The van der Waals surface area contributed by atoms with Crippen LogP contribution in [0.1, 0.15) is 26.2 Å². The zero-order chi connectivity index (χ0) is 15.3. The van der Waals surface area contributed by atoms with Gasteiger partial charge in [0.25, 0.3) is 0 Å². The number of aromatic nitrogens is 1. The van der Waals surface area contributed by atoms with E-state index in [1.807, 2.05) is 6.92 Å². The van der Waals surface area contributed by atoms with Crippen molar-refractivity contribution in [1.82, 2.24) is 14.6 Å². The van der Waals surface area contributed by atoms with Gasteiger partial charge in [-0.1, -0.05) is 6.92 Å². The fraction of sp³-hybridized carbons (Fsp3) is 0.643. The first kappa shape index (κ1) is 16.3. The predicted molar refractivity (Wildman–Crippen MR) is 78.8 cm³/mol. The SMILES string of the molecule is CCCN(CC1CCNCC1)S(=O)(=O)c1cncc(F)c1. The van der Waals surface area contributed by atoms with Gasteiger partial charge in [0.2, 0.25) is 10.0 Å². The zero-order valence-electron chi connectivity index (χ0n) is 12.3. The summed E-state index contributed by atoms with van der Waals surface area (Å²) < 4.78 is 40.0. The number of halogens is 1. The summed E-state index contributed by atoms with van der Waals surface area (Å²) in [4.78, 5) is 3.58. The Morgan fingerprint density at radius 2 is 2.10 bits per heavy atom. The minimum Gasteiger partial charge on any atom is -0.317 e. The molecule has 21 heavy (non-hydrogen) atoms. The number of nitrogens with zero attached hydrogens (tertiary/aromatic N) is 2. The normalized spacial score (nSPS) is 17.3. The minimum absolute atomic E-state index is 0.0649. The van der Waals surface area contributed by atoms with Gasteiger partial charge in [-0.2, -0.15) is 4.31 Å². The molecule has 1 saturated heterocycles. The Kier molecular flexibility index (Phi) is 5.66. The summed E-state index contributed by atoms with van der Waals surface area (Å²) in [5, 5.41) is 3.27. The molecule has 1 aliphatic rings. The van der Waals surface area contributed by atoms with E-state index in [4.69, 9.17) is 0 Å². The van der Waals surface area contributed by atoms with Crippen LogP contribution in [0.2, 0.25) is 0 Å². The summed E-state index contributed by atoms with van der Waals surface area (Å²) in [6, 6.07) is 1.04. The Morgan fingerprint density at radius 3 is 2.71 bits per heavy atom. The molecule has 1 aromatic heterocycles. The fourth-order valence-electron chi connectivity index (χ4n) is 2.59. The Labute approximate surface area is 125 Å². The number of piperidine rings is 1. The molecule has 7 heteroatoms. The Hall–Kier alpha value is -1.05. The smallest absolute Gasteiger partial charge is 0.244 e. The predicted octanol–water partition coefficient (Wildman–Crippen LogP) is 1.62. The first-order valence-corrected chi connectivity index (χ1v) is 8.79. The lowest BCUT2D eigenvalue weighted by Gasteiger charge is -2.29. The molecule has 0 atom stereocenters. The van der Waals surface area contributed by atoms with Crippen LogP contribution in [0.15, 0.2) is 23.4 Å². The highest BCUT2D eigenvalue weighted by molar-refractivity contribution is 7.89. The van der Waals surface area contributed by atoms with Gasteiger partial charge in [0.15, 0.2) is 0 Å². The third kappa shape index (κ3) is 4.21. The van der Waals surface area contributed by atoms with Gasteiger partial charge in [0.05, 0.1) is 6.20 Å². The fourth-order valence-corrected chi connectivity index (χ4v) is 4.18. The highest BCUT2D eigenvalue weighted by atomic mass is 32.2. The van der Waals surface area contributed by atoms with Crippen LogP contribution in [-0.2, 0) is 10.0 Å². The third-order valence-corrected chi connectivity index (χ3v) is 5.54. The van der Waals surface area contributed by atoms with Gasteiger partial charge in [-0.05, 0) is 44.3 Å². The van der Waals surface area contributed by atoms with E-state index in [1.165, 1.54) is 10.5 Å². The standard InChI is InChI=1S/C14H22FN3O2S/c1-2-7-18(11-12-3-5-16-6-4-12)21(19,20)14-8-13(15)9-17-10-14/h8-10,12,16H,2-7,11H2,1H3. The summed E-state index contributed by atoms with van der Waals surface area (Å²) in [6.45, 7) is 4.73. The van der Waals surface area contributed by atoms with Crippen LogP contribution in [0.5, 0.6) is 0 Å². The first-order valence-electron chi connectivity index (χ1n) is 7.35. The molecule has 0 bridgehead atoms. The maximum Gasteiger partial charge on any atom is 0.244 e. The van der Waals surface area contributed by atoms with Gasteiger partial charge < -0.3 is 5.32 Å². The van der Waals surface area contributed by atoms with Crippen molar-refractivity contribution in [2.75, 3.05) is 26.2 Å². The second kappa shape index (κ2) is 7.29. The summed E-state index contributed by atoms with van der Waals surface area (Å²) in [6.07, 6.45) is 4.89. The lowest BCUT2D eigenvalue weighted by molar-refractivity contribution is 0.288. The van der Waals surface area contributed by atoms with Crippen LogP contribution in [0.3, 0.4) is 0 Å². The van der Waals surface area contributed by atoms with Crippen molar-refractivity contribution in [2.24, 2.45) is 5.92 Å². The molecule has 0 aromatic carbocycles. The number of hydrogen-bond acceptors (Lipinski definition) is 4. The van der Waals surface area contributed by atoms with Crippen molar-refractivity contribution in [3.63, 3.8) is 0 Å². The van der Waals surface area contributed by atoms with Crippen molar-refractivity contribution < 1.29 is 12.8 Å². The summed E-state index contributed by atoms with van der Waals surface area (Å²) in [5.74, 6) is -0.275. The molecule has 2 rings (SSSR count). The van der Waals surface area contributed by atoms with Crippen LogP contribution < -0.4 is 5.32 Å². The lowest BCUT2D eigenvalue weighted by atomic mass is 9.98. The second-order valence-electron chi connectivity index (χ2n) is 5.40. The van der Waals surface area contributed by atoms with Gasteiger partial charge in [-0.25, -0.2) is 12.8 Å². The van der Waals surface area contributed by atoms with Crippen molar-refractivity contribution >= 4 is 10.0 Å². The molecular weight excluding hydrogens is 293 g/mol. The molecule has 0 spiro atoms. The lowest BCUT2D eigenvalue weighted by Crippen LogP contribution is -2.39. The van der Waals surface area contributed by atoms with Crippen LogP contribution in [0.25, 0.3) is 0 Å². The van der Waals surface area contributed by atoms with Gasteiger partial charge in [-0.3, -0.25) is 4.98 Å². The van der Waals surface area contributed by atoms with Crippen molar-refractivity contribution in [3.05, 3.63) is 24.3 Å². The monoisotopic (exact) mass is 315 g/mol. The van der Waals surface area contributed by atoms with Gasteiger partial charge >= 0.3 is 0 Å². The number of nitrogens with one attached hydrogen (secondary N) is 1. The van der Waals surface area contributed by atoms with E-state index in [0.29, 0.717) is 19.0 Å². The second-order valence-corrected chi connectivity index (χ2v) is 7.33. The summed E-state index contributed by atoms with van der Waals surface area (Å²) >= 11 is 0. The first-order chi connectivity index (χ1) is 10.0. The molecule has 0 aliphatic carbocycles. The topological polar surface area (TPSA) is 62.3 Å². The molecule has 5 nitrogen and oxygen atoms in total. The van der Waals surface area contributed by atoms with E-state index in [2.05, 4.69) is 10.3 Å². The molecule has 118 valence electrons. The Balaban J connectivity index is 2.19. The van der Waals surface area contributed by atoms with Crippen LogP contribution in [0, 0.1) is 11.7 Å². The molecule has 0 radical (unpaired) electrons. The van der Waals surface area contributed by atoms with E-state index < -0.39 is 15.8 Å². The molecule has 0 amide bonds. The highest BCUT2D eigenvalue weighted by Gasteiger charge is 2.27. The minimum atomic E-state index is -3.67. The quantitative estimate of drug-likeness (QED) is 0.866. The molecule has 0 saturated carbocycles. The molecule has 1 N–H and O–H groups in total.